The number of hydrogen-bond donors (Lipinski definition) is 0. The summed E-state index contributed by atoms with van der Waals surface area (Å²) in [5.41, 5.74) is 1.54. The van der Waals surface area contributed by atoms with Crippen molar-refractivity contribution < 1.29 is 0 Å². The van der Waals surface area contributed by atoms with Crippen molar-refractivity contribution >= 4 is 0 Å². The van der Waals surface area contributed by atoms with Gasteiger partial charge < -0.3 is 4.90 Å². The van der Waals surface area contributed by atoms with Crippen LogP contribution in [0.4, 0.5) is 0 Å². The maximum Gasteiger partial charge on any atom is 0.0184 e. The van der Waals surface area contributed by atoms with Crippen LogP contribution in [0, 0.1) is 5.41 Å². The van der Waals surface area contributed by atoms with Crippen LogP contribution in [0.3, 0.4) is 0 Å². The summed E-state index contributed by atoms with van der Waals surface area (Å²) in [6, 6.07) is 0. The normalized spacial score (nSPS) is 12.9. The van der Waals surface area contributed by atoms with E-state index in [2.05, 4.69) is 52.3 Å². The molecule has 0 aliphatic rings. The van der Waals surface area contributed by atoms with Crippen LogP contribution in [0.15, 0.2) is 24.4 Å². The van der Waals surface area contributed by atoms with E-state index in [4.69, 9.17) is 0 Å². The maximum absolute atomic E-state index is 3.73. The lowest BCUT2D eigenvalue weighted by atomic mass is 9.90. The van der Waals surface area contributed by atoms with E-state index in [1.54, 1.807) is 0 Å². The van der Waals surface area contributed by atoms with Gasteiger partial charge in [0.15, 0.2) is 0 Å². The first-order valence-corrected chi connectivity index (χ1v) is 4.47. The highest BCUT2D eigenvalue weighted by molar-refractivity contribution is 5.15. The lowest BCUT2D eigenvalue weighted by Crippen LogP contribution is -2.26. The van der Waals surface area contributed by atoms with E-state index >= 15 is 0 Å². The van der Waals surface area contributed by atoms with Crippen LogP contribution in [0.25, 0.3) is 0 Å². The van der Waals surface area contributed by atoms with E-state index in [1.165, 1.54) is 5.70 Å². The van der Waals surface area contributed by atoms with Crippen molar-refractivity contribution in [2.24, 2.45) is 5.41 Å². The van der Waals surface area contributed by atoms with Crippen molar-refractivity contribution in [3.63, 3.8) is 0 Å². The second kappa shape index (κ2) is 4.34. The monoisotopic (exact) mass is 167 g/mol. The first-order valence-electron chi connectivity index (χ1n) is 4.47. The molecule has 0 amide bonds. The van der Waals surface area contributed by atoms with Crippen LogP contribution in [-0.2, 0) is 0 Å². The molecule has 0 bridgehead atoms. The number of allylic oxidation sites excluding steroid dienone is 3. The summed E-state index contributed by atoms with van der Waals surface area (Å²) in [5, 5.41) is 0. The minimum Gasteiger partial charge on any atom is -0.378 e. The Kier molecular flexibility index (Phi) is 4.08. The van der Waals surface area contributed by atoms with Gasteiger partial charge in [-0.2, -0.15) is 0 Å². The average molecular weight is 167 g/mol. The van der Waals surface area contributed by atoms with Crippen molar-refractivity contribution in [1.82, 2.24) is 4.90 Å². The van der Waals surface area contributed by atoms with E-state index in [0.717, 1.165) is 6.54 Å². The Morgan fingerprint density at radius 2 is 1.92 bits per heavy atom. The third-order valence-electron chi connectivity index (χ3n) is 1.93. The second-order valence-corrected chi connectivity index (χ2v) is 4.05. The fraction of sp³-hybridized carbons (Fsp3) is 0.636. The van der Waals surface area contributed by atoms with Crippen molar-refractivity contribution in [2.75, 3.05) is 13.6 Å². The molecule has 0 fully saturated rings. The number of rotatable bonds is 3. The summed E-state index contributed by atoms with van der Waals surface area (Å²) >= 11 is 0. The minimum absolute atomic E-state index is 0.207. The molecule has 0 atom stereocenters. The Hall–Kier alpha value is -0.720. The largest absolute Gasteiger partial charge is 0.378 e. The Bertz CT molecular complexity index is 172. The summed E-state index contributed by atoms with van der Waals surface area (Å²) in [6.45, 7) is 13.6. The molecule has 0 aliphatic heterocycles. The van der Waals surface area contributed by atoms with Gasteiger partial charge in [-0.15, -0.1) is 0 Å². The molecule has 0 aliphatic carbocycles. The molecule has 0 aromatic carbocycles. The highest BCUT2D eigenvalue weighted by Gasteiger charge is 2.18. The zero-order valence-corrected chi connectivity index (χ0v) is 9.02. The maximum atomic E-state index is 3.73. The smallest absolute Gasteiger partial charge is 0.0184 e. The van der Waals surface area contributed by atoms with E-state index in [9.17, 15) is 0 Å². The fourth-order valence-corrected chi connectivity index (χ4v) is 1.23. The molecule has 0 saturated carbocycles. The van der Waals surface area contributed by atoms with Crippen molar-refractivity contribution in [3.05, 3.63) is 24.4 Å². The SMILES string of the molecule is C=C/C=C(\N(C)CC)C(C)(C)C. The summed E-state index contributed by atoms with van der Waals surface area (Å²) in [5.74, 6) is 0. The third-order valence-corrected chi connectivity index (χ3v) is 1.93. The van der Waals surface area contributed by atoms with Gasteiger partial charge in [0.2, 0.25) is 0 Å². The van der Waals surface area contributed by atoms with E-state index in [0.29, 0.717) is 0 Å². The van der Waals surface area contributed by atoms with E-state index in [1.807, 2.05) is 6.08 Å². The molecular formula is C11H21N. The Balaban J connectivity index is 4.68. The highest BCUT2D eigenvalue weighted by atomic mass is 15.1. The van der Waals surface area contributed by atoms with Gasteiger partial charge in [-0.25, -0.2) is 0 Å². The van der Waals surface area contributed by atoms with Crippen molar-refractivity contribution in [3.8, 4) is 0 Å². The zero-order valence-electron chi connectivity index (χ0n) is 9.02. The first kappa shape index (κ1) is 11.3. The van der Waals surface area contributed by atoms with Crippen LogP contribution >= 0.6 is 0 Å². The molecular weight excluding hydrogens is 146 g/mol. The standard InChI is InChI=1S/C11H21N/c1-7-9-10(11(3,4)5)12(6)8-2/h7,9H,1,8H2,2-6H3/b10-9-. The Labute approximate surface area is 76.8 Å². The van der Waals surface area contributed by atoms with Gasteiger partial charge in [0.1, 0.15) is 0 Å². The predicted octanol–water partition coefficient (Wildman–Crippen LogP) is 3.05. The Morgan fingerprint density at radius 3 is 2.17 bits per heavy atom. The molecule has 1 nitrogen and oxygen atoms in total. The summed E-state index contributed by atoms with van der Waals surface area (Å²) < 4.78 is 0. The Morgan fingerprint density at radius 1 is 1.42 bits per heavy atom. The van der Waals surface area contributed by atoms with Gasteiger partial charge in [0, 0.05) is 24.7 Å². The molecule has 0 saturated heterocycles. The fourth-order valence-electron chi connectivity index (χ4n) is 1.23. The molecule has 0 unspecified atom stereocenters. The van der Waals surface area contributed by atoms with Gasteiger partial charge in [-0.05, 0) is 13.0 Å². The summed E-state index contributed by atoms with van der Waals surface area (Å²) in [4.78, 5) is 2.25. The summed E-state index contributed by atoms with van der Waals surface area (Å²) in [7, 11) is 2.11. The molecule has 1 heteroatoms. The van der Waals surface area contributed by atoms with Crippen LogP contribution in [0.2, 0.25) is 0 Å². The number of hydrogen-bond acceptors (Lipinski definition) is 1. The first-order chi connectivity index (χ1) is 5.43. The molecule has 0 radical (unpaired) electrons. The highest BCUT2D eigenvalue weighted by Crippen LogP contribution is 2.27. The number of nitrogens with zero attached hydrogens (tertiary/aromatic N) is 1. The van der Waals surface area contributed by atoms with Gasteiger partial charge >= 0.3 is 0 Å². The summed E-state index contributed by atoms with van der Waals surface area (Å²) in [6.07, 6.45) is 3.94. The average Bonchev–Trinajstić information content (AvgIpc) is 1.96. The zero-order chi connectivity index (χ0) is 9.78. The van der Waals surface area contributed by atoms with E-state index < -0.39 is 0 Å². The minimum atomic E-state index is 0.207. The van der Waals surface area contributed by atoms with Crippen molar-refractivity contribution in [2.45, 2.75) is 27.7 Å². The van der Waals surface area contributed by atoms with Gasteiger partial charge in [0.05, 0.1) is 0 Å². The lowest BCUT2D eigenvalue weighted by Gasteiger charge is -2.31. The molecule has 0 rings (SSSR count). The molecule has 70 valence electrons. The molecule has 0 N–H and O–H groups in total. The topological polar surface area (TPSA) is 3.24 Å². The van der Waals surface area contributed by atoms with Gasteiger partial charge in [-0.3, -0.25) is 0 Å². The molecule has 12 heavy (non-hydrogen) atoms. The second-order valence-electron chi connectivity index (χ2n) is 4.05. The lowest BCUT2D eigenvalue weighted by molar-refractivity contribution is 0.322. The molecule has 0 aromatic heterocycles. The molecule has 0 heterocycles. The van der Waals surface area contributed by atoms with Crippen LogP contribution in [-0.4, -0.2) is 18.5 Å². The molecule has 0 spiro atoms. The van der Waals surface area contributed by atoms with Crippen molar-refractivity contribution in [1.29, 1.82) is 0 Å². The van der Waals surface area contributed by atoms with Gasteiger partial charge in [-0.1, -0.05) is 33.4 Å². The van der Waals surface area contributed by atoms with Crippen LogP contribution in [0.1, 0.15) is 27.7 Å². The third kappa shape index (κ3) is 3.12. The van der Waals surface area contributed by atoms with Crippen LogP contribution < -0.4 is 0 Å². The van der Waals surface area contributed by atoms with Crippen LogP contribution in [0.5, 0.6) is 0 Å². The quantitative estimate of drug-likeness (QED) is 0.584. The van der Waals surface area contributed by atoms with E-state index in [-0.39, 0.29) is 5.41 Å². The molecule has 0 aromatic rings. The predicted molar refractivity (Wildman–Crippen MR) is 56.0 cm³/mol. The van der Waals surface area contributed by atoms with Gasteiger partial charge in [0.25, 0.3) is 0 Å².